The van der Waals surface area contributed by atoms with Gasteiger partial charge in [-0.05, 0) is 42.7 Å². The van der Waals surface area contributed by atoms with Crippen LogP contribution < -0.4 is 10.2 Å². The van der Waals surface area contributed by atoms with E-state index in [2.05, 4.69) is 17.4 Å². The Balaban J connectivity index is 1.80. The van der Waals surface area contributed by atoms with Crippen LogP contribution in [0.15, 0.2) is 54.6 Å². The summed E-state index contributed by atoms with van der Waals surface area (Å²) in [6.07, 6.45) is 1.77. The van der Waals surface area contributed by atoms with E-state index in [4.69, 9.17) is 11.6 Å². The van der Waals surface area contributed by atoms with E-state index in [1.165, 1.54) is 17.4 Å². The van der Waals surface area contributed by atoms with E-state index in [-0.39, 0.29) is 18.4 Å². The fourth-order valence-electron chi connectivity index (χ4n) is 2.37. The number of nitrogens with one attached hydrogen (secondary N) is 1. The zero-order valence-corrected chi connectivity index (χ0v) is 14.4. The molecule has 0 spiro atoms. The first kappa shape index (κ1) is 18.0. The summed E-state index contributed by atoms with van der Waals surface area (Å²) in [4.78, 5) is 25.3. The maximum atomic E-state index is 12.1. The van der Waals surface area contributed by atoms with Gasteiger partial charge in [0.15, 0.2) is 0 Å². The molecule has 0 aliphatic carbocycles. The maximum absolute atomic E-state index is 12.1. The highest BCUT2D eigenvalue weighted by Gasteiger charge is 2.15. The topological polar surface area (TPSA) is 49.4 Å². The molecule has 5 heteroatoms. The molecule has 0 bridgehead atoms. The van der Waals surface area contributed by atoms with E-state index in [1.807, 2.05) is 18.2 Å². The Labute approximate surface area is 147 Å². The van der Waals surface area contributed by atoms with Gasteiger partial charge in [0.1, 0.15) is 6.54 Å². The molecule has 2 aromatic rings. The number of hydrogen-bond acceptors (Lipinski definition) is 2. The van der Waals surface area contributed by atoms with Crippen LogP contribution in [0.5, 0.6) is 0 Å². The van der Waals surface area contributed by atoms with Crippen LogP contribution in [0.4, 0.5) is 5.69 Å². The quantitative estimate of drug-likeness (QED) is 0.782. The van der Waals surface area contributed by atoms with Crippen molar-refractivity contribution >= 4 is 29.1 Å². The predicted octanol–water partition coefficient (Wildman–Crippen LogP) is 3.44. The summed E-state index contributed by atoms with van der Waals surface area (Å²) in [7, 11) is 0. The second-order valence-corrected chi connectivity index (χ2v) is 5.96. The van der Waals surface area contributed by atoms with E-state index in [1.54, 1.807) is 24.3 Å². The second kappa shape index (κ2) is 9.08. The lowest BCUT2D eigenvalue weighted by molar-refractivity contribution is -0.123. The molecule has 0 aliphatic heterocycles. The lowest BCUT2D eigenvalue weighted by Crippen LogP contribution is -2.40. The van der Waals surface area contributed by atoms with E-state index < -0.39 is 0 Å². The lowest BCUT2D eigenvalue weighted by atomic mass is 10.1. The summed E-state index contributed by atoms with van der Waals surface area (Å²) in [5, 5.41) is 3.45. The monoisotopic (exact) mass is 344 g/mol. The number of carbonyl (C=O) groups excluding carboxylic acids is 2. The number of anilines is 1. The van der Waals surface area contributed by atoms with Crippen LogP contribution in [0.2, 0.25) is 5.02 Å². The van der Waals surface area contributed by atoms with Gasteiger partial charge in [-0.2, -0.15) is 0 Å². The molecule has 0 radical (unpaired) electrons. The van der Waals surface area contributed by atoms with E-state index in [0.717, 1.165) is 12.8 Å². The summed E-state index contributed by atoms with van der Waals surface area (Å²) in [6.45, 7) is 2.03. The summed E-state index contributed by atoms with van der Waals surface area (Å²) in [6, 6.07) is 17.0. The van der Waals surface area contributed by atoms with Crippen molar-refractivity contribution in [3.05, 3.63) is 65.2 Å². The molecule has 4 nitrogen and oxygen atoms in total. The number of hydrogen-bond donors (Lipinski definition) is 1. The molecule has 0 atom stereocenters. The van der Waals surface area contributed by atoms with Gasteiger partial charge in [-0.25, -0.2) is 0 Å². The van der Waals surface area contributed by atoms with Crippen LogP contribution in [0.25, 0.3) is 0 Å². The number of benzene rings is 2. The Hall–Kier alpha value is -2.33. The van der Waals surface area contributed by atoms with Crippen molar-refractivity contribution in [1.82, 2.24) is 5.32 Å². The Morgan fingerprint density at radius 2 is 1.71 bits per heavy atom. The molecule has 24 heavy (non-hydrogen) atoms. The minimum Gasteiger partial charge on any atom is -0.355 e. The molecule has 0 heterocycles. The van der Waals surface area contributed by atoms with Crippen molar-refractivity contribution in [2.75, 3.05) is 18.0 Å². The van der Waals surface area contributed by atoms with Gasteiger partial charge < -0.3 is 10.2 Å². The Kier molecular flexibility index (Phi) is 6.82. The molecule has 2 rings (SSSR count). The normalized spacial score (nSPS) is 10.2. The molecular weight excluding hydrogens is 324 g/mol. The standard InChI is InChI=1S/C19H21ClN2O2/c1-15(23)22(18-11-9-17(20)10-12-18)14-19(24)21-13-5-8-16-6-3-2-4-7-16/h2-4,6-7,9-12H,5,8,13-14H2,1H3,(H,21,24). The minimum absolute atomic E-state index is 0.00228. The second-order valence-electron chi connectivity index (χ2n) is 5.52. The third-order valence-corrected chi connectivity index (χ3v) is 3.88. The highest BCUT2D eigenvalue weighted by atomic mass is 35.5. The van der Waals surface area contributed by atoms with Gasteiger partial charge in [-0.15, -0.1) is 0 Å². The van der Waals surface area contributed by atoms with Crippen molar-refractivity contribution in [2.24, 2.45) is 0 Å². The van der Waals surface area contributed by atoms with Crippen LogP contribution in [0, 0.1) is 0 Å². The first-order valence-electron chi connectivity index (χ1n) is 7.90. The lowest BCUT2D eigenvalue weighted by Gasteiger charge is -2.20. The summed E-state index contributed by atoms with van der Waals surface area (Å²) in [5.74, 6) is -0.357. The smallest absolute Gasteiger partial charge is 0.240 e. The zero-order chi connectivity index (χ0) is 17.4. The van der Waals surface area contributed by atoms with E-state index in [0.29, 0.717) is 17.3 Å². The minimum atomic E-state index is -0.184. The average Bonchev–Trinajstić information content (AvgIpc) is 2.58. The molecule has 0 unspecified atom stereocenters. The Bertz CT molecular complexity index is 672. The van der Waals surface area contributed by atoms with Crippen LogP contribution >= 0.6 is 11.6 Å². The zero-order valence-electron chi connectivity index (χ0n) is 13.7. The first-order chi connectivity index (χ1) is 11.6. The van der Waals surface area contributed by atoms with Crippen LogP contribution in [-0.4, -0.2) is 24.9 Å². The van der Waals surface area contributed by atoms with Crippen molar-refractivity contribution in [3.63, 3.8) is 0 Å². The number of aryl methyl sites for hydroxylation is 1. The number of amides is 2. The number of nitrogens with zero attached hydrogens (tertiary/aromatic N) is 1. The Morgan fingerprint density at radius 1 is 1.04 bits per heavy atom. The SMILES string of the molecule is CC(=O)N(CC(=O)NCCCc1ccccc1)c1ccc(Cl)cc1. The maximum Gasteiger partial charge on any atom is 0.240 e. The fraction of sp³-hybridized carbons (Fsp3) is 0.263. The number of halogens is 1. The molecule has 126 valence electrons. The van der Waals surface area contributed by atoms with E-state index in [9.17, 15) is 9.59 Å². The molecule has 1 N–H and O–H groups in total. The third-order valence-electron chi connectivity index (χ3n) is 3.63. The molecular formula is C19H21ClN2O2. The average molecular weight is 345 g/mol. The van der Waals surface area contributed by atoms with Crippen LogP contribution in [0.1, 0.15) is 18.9 Å². The molecule has 2 amide bonds. The van der Waals surface area contributed by atoms with Gasteiger partial charge in [-0.1, -0.05) is 41.9 Å². The number of rotatable bonds is 7. The molecule has 0 saturated carbocycles. The fourth-order valence-corrected chi connectivity index (χ4v) is 2.50. The summed E-state index contributed by atoms with van der Waals surface area (Å²) in [5.41, 5.74) is 1.91. The van der Waals surface area contributed by atoms with Crippen molar-refractivity contribution in [1.29, 1.82) is 0 Å². The van der Waals surface area contributed by atoms with Crippen LogP contribution in [-0.2, 0) is 16.0 Å². The molecule has 0 aliphatic rings. The molecule has 2 aromatic carbocycles. The van der Waals surface area contributed by atoms with Gasteiger partial charge >= 0.3 is 0 Å². The molecule has 0 aromatic heterocycles. The van der Waals surface area contributed by atoms with Crippen LogP contribution in [0.3, 0.4) is 0 Å². The Morgan fingerprint density at radius 3 is 2.33 bits per heavy atom. The van der Waals surface area contributed by atoms with Gasteiger partial charge in [0.05, 0.1) is 0 Å². The molecule has 0 saturated heterocycles. The summed E-state index contributed by atoms with van der Waals surface area (Å²) < 4.78 is 0. The highest BCUT2D eigenvalue weighted by Crippen LogP contribution is 2.18. The van der Waals surface area contributed by atoms with Crippen molar-refractivity contribution in [3.8, 4) is 0 Å². The van der Waals surface area contributed by atoms with Crippen molar-refractivity contribution < 1.29 is 9.59 Å². The predicted molar refractivity (Wildman–Crippen MR) is 97.3 cm³/mol. The van der Waals surface area contributed by atoms with Gasteiger partial charge in [0.2, 0.25) is 11.8 Å². The summed E-state index contributed by atoms with van der Waals surface area (Å²) >= 11 is 5.85. The van der Waals surface area contributed by atoms with Gasteiger partial charge in [0.25, 0.3) is 0 Å². The largest absolute Gasteiger partial charge is 0.355 e. The number of carbonyl (C=O) groups is 2. The van der Waals surface area contributed by atoms with E-state index >= 15 is 0 Å². The highest BCUT2D eigenvalue weighted by molar-refractivity contribution is 6.30. The molecule has 0 fully saturated rings. The van der Waals surface area contributed by atoms with Crippen molar-refractivity contribution in [2.45, 2.75) is 19.8 Å². The van der Waals surface area contributed by atoms with Gasteiger partial charge in [-0.3, -0.25) is 9.59 Å². The first-order valence-corrected chi connectivity index (χ1v) is 8.28. The third kappa shape index (κ3) is 5.70. The van der Waals surface area contributed by atoms with Gasteiger partial charge in [0, 0.05) is 24.2 Å².